The second kappa shape index (κ2) is 5.66. The average Bonchev–Trinajstić information content (AvgIpc) is 2.67. The van der Waals surface area contributed by atoms with Gasteiger partial charge in [0.05, 0.1) is 6.10 Å². The van der Waals surface area contributed by atoms with Crippen LogP contribution in [0.4, 0.5) is 0 Å². The van der Waals surface area contributed by atoms with E-state index in [1.54, 1.807) is 0 Å². The maximum atomic E-state index is 9.36. The van der Waals surface area contributed by atoms with Crippen molar-refractivity contribution in [2.45, 2.75) is 12.5 Å². The first kappa shape index (κ1) is 11.9. The molecule has 1 saturated heterocycles. The van der Waals surface area contributed by atoms with Crippen LogP contribution in [0, 0.1) is 0 Å². The minimum Gasteiger partial charge on any atom is -0.492 e. The zero-order chi connectivity index (χ0) is 11.4. The van der Waals surface area contributed by atoms with E-state index in [-0.39, 0.29) is 6.10 Å². The summed E-state index contributed by atoms with van der Waals surface area (Å²) in [5.74, 6) is 0.892. The van der Waals surface area contributed by atoms with E-state index < -0.39 is 0 Å². The largest absolute Gasteiger partial charge is 0.492 e. The summed E-state index contributed by atoms with van der Waals surface area (Å²) < 4.78 is 6.67. The Morgan fingerprint density at radius 1 is 1.38 bits per heavy atom. The second-order valence-corrected chi connectivity index (χ2v) is 4.96. The summed E-state index contributed by atoms with van der Waals surface area (Å²) in [4.78, 5) is 2.23. The second-order valence-electron chi connectivity index (χ2n) is 4.05. The van der Waals surface area contributed by atoms with Crippen molar-refractivity contribution < 1.29 is 9.84 Å². The van der Waals surface area contributed by atoms with E-state index in [1.165, 1.54) is 0 Å². The van der Waals surface area contributed by atoms with Gasteiger partial charge in [0.1, 0.15) is 12.4 Å². The molecule has 1 aromatic rings. The van der Waals surface area contributed by atoms with Gasteiger partial charge in [0.15, 0.2) is 0 Å². The number of hydrogen-bond acceptors (Lipinski definition) is 3. The molecule has 1 fully saturated rings. The number of aliphatic hydroxyl groups excluding tert-OH is 1. The van der Waals surface area contributed by atoms with E-state index in [4.69, 9.17) is 4.74 Å². The third-order valence-electron chi connectivity index (χ3n) is 2.74. The summed E-state index contributed by atoms with van der Waals surface area (Å²) in [6.45, 7) is 3.32. The Labute approximate surface area is 104 Å². The molecule has 1 aromatic carbocycles. The highest BCUT2D eigenvalue weighted by Gasteiger charge is 2.19. The number of ether oxygens (including phenoxy) is 1. The smallest absolute Gasteiger partial charge is 0.119 e. The lowest BCUT2D eigenvalue weighted by molar-refractivity contribution is 0.167. The molecule has 4 heteroatoms. The number of β-amino-alcohol motifs (C(OH)–C–C–N with tert-alkyl or cyclic N) is 1. The summed E-state index contributed by atoms with van der Waals surface area (Å²) in [7, 11) is 0. The van der Waals surface area contributed by atoms with Gasteiger partial charge in [0.2, 0.25) is 0 Å². The van der Waals surface area contributed by atoms with Crippen LogP contribution in [0.1, 0.15) is 6.42 Å². The number of halogens is 1. The molecule has 0 saturated carbocycles. The Hall–Kier alpha value is -0.580. The third-order valence-corrected chi connectivity index (χ3v) is 3.27. The topological polar surface area (TPSA) is 32.7 Å². The van der Waals surface area contributed by atoms with Crippen molar-refractivity contribution in [2.24, 2.45) is 0 Å². The molecule has 0 spiro atoms. The Balaban J connectivity index is 1.70. The minimum atomic E-state index is -0.146. The number of aliphatic hydroxyl groups is 1. The lowest BCUT2D eigenvalue weighted by Crippen LogP contribution is -2.27. The Kier molecular flexibility index (Phi) is 4.21. The molecule has 0 amide bonds. The lowest BCUT2D eigenvalue weighted by atomic mass is 10.3. The molecule has 1 atom stereocenters. The summed E-state index contributed by atoms with van der Waals surface area (Å²) in [6.07, 6.45) is 0.742. The van der Waals surface area contributed by atoms with Gasteiger partial charge in [-0.05, 0) is 30.7 Å². The van der Waals surface area contributed by atoms with Crippen molar-refractivity contribution in [3.05, 3.63) is 28.7 Å². The van der Waals surface area contributed by atoms with Gasteiger partial charge >= 0.3 is 0 Å². The van der Waals surface area contributed by atoms with Crippen LogP contribution in [-0.4, -0.2) is 42.4 Å². The fraction of sp³-hybridized carbons (Fsp3) is 0.500. The normalized spacial score (nSPS) is 21.2. The summed E-state index contributed by atoms with van der Waals surface area (Å²) in [5, 5.41) is 9.36. The van der Waals surface area contributed by atoms with E-state index in [2.05, 4.69) is 20.8 Å². The molecule has 0 unspecified atom stereocenters. The van der Waals surface area contributed by atoms with Crippen LogP contribution in [0.3, 0.4) is 0 Å². The van der Waals surface area contributed by atoms with Crippen LogP contribution < -0.4 is 4.74 Å². The van der Waals surface area contributed by atoms with Crippen molar-refractivity contribution in [1.29, 1.82) is 0 Å². The predicted octanol–water partition coefficient (Wildman–Crippen LogP) is 1.89. The first-order chi connectivity index (χ1) is 7.74. The monoisotopic (exact) mass is 285 g/mol. The highest BCUT2D eigenvalue weighted by atomic mass is 79.9. The molecule has 1 aliphatic rings. The van der Waals surface area contributed by atoms with Gasteiger partial charge in [-0.1, -0.05) is 15.9 Å². The van der Waals surface area contributed by atoms with Crippen LogP contribution in [0.25, 0.3) is 0 Å². The van der Waals surface area contributed by atoms with Crippen LogP contribution >= 0.6 is 15.9 Å². The molecule has 88 valence electrons. The number of hydrogen-bond donors (Lipinski definition) is 1. The molecular formula is C12H16BrNO2. The first-order valence-electron chi connectivity index (χ1n) is 5.53. The molecule has 1 N–H and O–H groups in total. The van der Waals surface area contributed by atoms with E-state index in [0.717, 1.165) is 36.3 Å². The zero-order valence-corrected chi connectivity index (χ0v) is 10.7. The minimum absolute atomic E-state index is 0.146. The maximum Gasteiger partial charge on any atom is 0.119 e. The van der Waals surface area contributed by atoms with Crippen molar-refractivity contribution >= 4 is 15.9 Å². The van der Waals surface area contributed by atoms with Crippen LogP contribution in [0.15, 0.2) is 28.7 Å². The first-order valence-corrected chi connectivity index (χ1v) is 6.32. The van der Waals surface area contributed by atoms with Crippen LogP contribution in [0.2, 0.25) is 0 Å². The number of nitrogens with zero attached hydrogens (tertiary/aromatic N) is 1. The number of benzene rings is 1. The Morgan fingerprint density at radius 2 is 2.12 bits per heavy atom. The number of rotatable bonds is 4. The fourth-order valence-electron chi connectivity index (χ4n) is 1.84. The maximum absolute atomic E-state index is 9.36. The van der Waals surface area contributed by atoms with E-state index in [0.29, 0.717) is 6.61 Å². The van der Waals surface area contributed by atoms with Crippen LogP contribution in [0.5, 0.6) is 5.75 Å². The van der Waals surface area contributed by atoms with Gasteiger partial charge in [0.25, 0.3) is 0 Å². The van der Waals surface area contributed by atoms with Gasteiger partial charge in [-0.2, -0.15) is 0 Å². The predicted molar refractivity (Wildman–Crippen MR) is 66.7 cm³/mol. The molecular weight excluding hydrogens is 270 g/mol. The molecule has 2 rings (SSSR count). The highest BCUT2D eigenvalue weighted by molar-refractivity contribution is 9.10. The summed E-state index contributed by atoms with van der Waals surface area (Å²) in [5.41, 5.74) is 0. The zero-order valence-electron chi connectivity index (χ0n) is 9.10. The van der Waals surface area contributed by atoms with Crippen molar-refractivity contribution in [3.8, 4) is 5.75 Å². The lowest BCUT2D eigenvalue weighted by Gasteiger charge is -2.15. The Morgan fingerprint density at radius 3 is 2.75 bits per heavy atom. The van der Waals surface area contributed by atoms with Gasteiger partial charge < -0.3 is 9.84 Å². The molecule has 16 heavy (non-hydrogen) atoms. The summed E-state index contributed by atoms with van der Waals surface area (Å²) >= 11 is 3.38. The van der Waals surface area contributed by atoms with Gasteiger partial charge in [0, 0.05) is 24.1 Å². The van der Waals surface area contributed by atoms with E-state index in [9.17, 15) is 5.11 Å². The molecule has 0 aromatic heterocycles. The highest BCUT2D eigenvalue weighted by Crippen LogP contribution is 2.16. The molecule has 1 heterocycles. The van der Waals surface area contributed by atoms with E-state index >= 15 is 0 Å². The average molecular weight is 286 g/mol. The third kappa shape index (κ3) is 3.47. The standard InChI is InChI=1S/C12H16BrNO2/c13-10-1-3-12(4-2-10)16-8-7-14-6-5-11(15)9-14/h1-4,11,15H,5-9H2/t11-/m1/s1. The van der Waals surface area contributed by atoms with Gasteiger partial charge in [-0.3, -0.25) is 4.90 Å². The quantitative estimate of drug-likeness (QED) is 0.917. The Bertz CT molecular complexity index is 328. The van der Waals surface area contributed by atoms with Crippen molar-refractivity contribution in [3.63, 3.8) is 0 Å². The van der Waals surface area contributed by atoms with E-state index in [1.807, 2.05) is 24.3 Å². The van der Waals surface area contributed by atoms with Crippen molar-refractivity contribution in [1.82, 2.24) is 4.90 Å². The fourth-order valence-corrected chi connectivity index (χ4v) is 2.10. The summed E-state index contributed by atoms with van der Waals surface area (Å²) in [6, 6.07) is 7.83. The van der Waals surface area contributed by atoms with Gasteiger partial charge in [-0.25, -0.2) is 0 Å². The molecule has 1 aliphatic heterocycles. The molecule has 0 radical (unpaired) electrons. The molecule has 0 bridgehead atoms. The molecule has 0 aliphatic carbocycles. The van der Waals surface area contributed by atoms with Gasteiger partial charge in [-0.15, -0.1) is 0 Å². The number of likely N-dealkylation sites (tertiary alicyclic amines) is 1. The SMILES string of the molecule is O[C@@H]1CCN(CCOc2ccc(Br)cc2)C1. The van der Waals surface area contributed by atoms with Crippen LogP contribution in [-0.2, 0) is 0 Å². The molecule has 3 nitrogen and oxygen atoms in total. The van der Waals surface area contributed by atoms with Crippen molar-refractivity contribution in [2.75, 3.05) is 26.2 Å².